The molecule has 0 saturated heterocycles. The van der Waals surface area contributed by atoms with Crippen LogP contribution in [0.1, 0.15) is 0 Å². The number of benzene rings is 2. The minimum atomic E-state index is 0.248. The molecule has 2 aromatic heterocycles. The molecule has 0 aliphatic carbocycles. The predicted molar refractivity (Wildman–Crippen MR) is 109 cm³/mol. The summed E-state index contributed by atoms with van der Waals surface area (Å²) in [5.41, 5.74) is 2.15. The van der Waals surface area contributed by atoms with Crippen molar-refractivity contribution in [1.82, 2.24) is 9.97 Å². The first kappa shape index (κ1) is 16.4. The van der Waals surface area contributed by atoms with E-state index in [1.165, 1.54) is 4.90 Å². The van der Waals surface area contributed by atoms with Crippen molar-refractivity contribution in [2.45, 2.75) is 4.90 Å². The molecule has 2 aromatic carbocycles. The maximum absolute atomic E-state index is 6.14. The number of thioether (sulfide) groups is 1. The molecule has 0 unspecified atom stereocenters. The van der Waals surface area contributed by atoms with Gasteiger partial charge in [0.05, 0.1) is 5.39 Å². The molecule has 6 heteroatoms. The summed E-state index contributed by atoms with van der Waals surface area (Å²) in [6.07, 6.45) is 2.06. The number of thiophene rings is 1. The smallest absolute Gasteiger partial charge is 0.225 e. The van der Waals surface area contributed by atoms with E-state index in [1.807, 2.05) is 30.3 Å². The van der Waals surface area contributed by atoms with Crippen LogP contribution in [-0.2, 0) is 0 Å². The summed E-state index contributed by atoms with van der Waals surface area (Å²) in [5, 5.41) is 4.61. The molecule has 124 valence electrons. The Morgan fingerprint density at radius 2 is 1.84 bits per heavy atom. The average molecular weight is 384 g/mol. The van der Waals surface area contributed by atoms with Crippen molar-refractivity contribution in [1.29, 1.82) is 0 Å². The lowest BCUT2D eigenvalue weighted by Crippen LogP contribution is -1.95. The van der Waals surface area contributed by atoms with Crippen molar-refractivity contribution in [3.05, 3.63) is 65.9 Å². The van der Waals surface area contributed by atoms with Crippen LogP contribution in [0.4, 0.5) is 11.5 Å². The second kappa shape index (κ2) is 7.04. The van der Waals surface area contributed by atoms with Crippen molar-refractivity contribution >= 4 is 56.4 Å². The average Bonchev–Trinajstić information content (AvgIpc) is 3.07. The summed E-state index contributed by atoms with van der Waals surface area (Å²) >= 11 is 9.47. The Kier molecular flexibility index (Phi) is 4.61. The quantitative estimate of drug-likeness (QED) is 0.323. The van der Waals surface area contributed by atoms with E-state index in [1.54, 1.807) is 23.1 Å². The lowest BCUT2D eigenvalue weighted by Gasteiger charge is -2.08. The Morgan fingerprint density at radius 1 is 1.00 bits per heavy atom. The van der Waals surface area contributed by atoms with Gasteiger partial charge in [0.2, 0.25) is 5.28 Å². The van der Waals surface area contributed by atoms with Gasteiger partial charge in [0.15, 0.2) is 0 Å². The largest absolute Gasteiger partial charge is 0.340 e. The highest BCUT2D eigenvalue weighted by Gasteiger charge is 2.12. The number of hydrogen-bond donors (Lipinski definition) is 1. The Hall–Kier alpha value is -2.08. The van der Waals surface area contributed by atoms with Crippen LogP contribution in [-0.4, -0.2) is 16.2 Å². The number of rotatable bonds is 4. The van der Waals surface area contributed by atoms with E-state index < -0.39 is 0 Å². The summed E-state index contributed by atoms with van der Waals surface area (Å²) in [6, 6.07) is 20.6. The topological polar surface area (TPSA) is 37.8 Å². The molecule has 0 aliphatic heterocycles. The molecule has 4 aromatic rings. The Bertz CT molecular complexity index is 1030. The van der Waals surface area contributed by atoms with E-state index in [9.17, 15) is 0 Å². The van der Waals surface area contributed by atoms with Crippen molar-refractivity contribution in [2.75, 3.05) is 11.6 Å². The van der Waals surface area contributed by atoms with Gasteiger partial charge in [-0.25, -0.2) is 4.98 Å². The van der Waals surface area contributed by atoms with Crippen molar-refractivity contribution in [2.24, 2.45) is 0 Å². The van der Waals surface area contributed by atoms with Crippen LogP contribution >= 0.6 is 34.7 Å². The molecule has 0 amide bonds. The summed E-state index contributed by atoms with van der Waals surface area (Å²) < 4.78 is 0. The zero-order chi connectivity index (χ0) is 17.2. The maximum atomic E-state index is 6.14. The third kappa shape index (κ3) is 3.49. The lowest BCUT2D eigenvalue weighted by atomic mass is 10.2. The van der Waals surface area contributed by atoms with Gasteiger partial charge in [0.1, 0.15) is 10.6 Å². The number of anilines is 2. The van der Waals surface area contributed by atoms with E-state index in [0.717, 1.165) is 32.2 Å². The third-order valence-corrected chi connectivity index (χ3v) is 5.73. The number of hydrogen-bond acceptors (Lipinski definition) is 5. The highest BCUT2D eigenvalue weighted by Crippen LogP contribution is 2.37. The summed E-state index contributed by atoms with van der Waals surface area (Å²) in [4.78, 5) is 12.0. The second-order valence-electron chi connectivity index (χ2n) is 5.39. The number of nitrogens with one attached hydrogen (secondary N) is 1. The highest BCUT2D eigenvalue weighted by atomic mass is 35.5. The van der Waals surface area contributed by atoms with Crippen molar-refractivity contribution < 1.29 is 0 Å². The van der Waals surface area contributed by atoms with Gasteiger partial charge in [-0.2, -0.15) is 4.98 Å². The van der Waals surface area contributed by atoms with Crippen LogP contribution in [0, 0.1) is 0 Å². The molecule has 0 saturated carbocycles. The normalized spacial score (nSPS) is 11.0. The van der Waals surface area contributed by atoms with Crippen LogP contribution in [0.3, 0.4) is 0 Å². The van der Waals surface area contributed by atoms with Gasteiger partial charge in [0, 0.05) is 15.5 Å². The molecule has 0 spiro atoms. The summed E-state index contributed by atoms with van der Waals surface area (Å²) in [6.45, 7) is 0. The lowest BCUT2D eigenvalue weighted by molar-refractivity contribution is 1.23. The molecular weight excluding hydrogens is 370 g/mol. The first-order valence-electron chi connectivity index (χ1n) is 7.66. The minimum Gasteiger partial charge on any atom is -0.340 e. The molecule has 25 heavy (non-hydrogen) atoms. The fourth-order valence-electron chi connectivity index (χ4n) is 2.57. The van der Waals surface area contributed by atoms with Crippen LogP contribution in [0.2, 0.25) is 5.28 Å². The van der Waals surface area contributed by atoms with Gasteiger partial charge in [-0.3, -0.25) is 0 Å². The van der Waals surface area contributed by atoms with E-state index in [4.69, 9.17) is 11.6 Å². The van der Waals surface area contributed by atoms with Crippen LogP contribution in [0.25, 0.3) is 20.7 Å². The van der Waals surface area contributed by atoms with Gasteiger partial charge in [0.25, 0.3) is 0 Å². The van der Waals surface area contributed by atoms with E-state index in [0.29, 0.717) is 0 Å². The SMILES string of the molecule is CSc1cccc(Nc2nc(Cl)nc3sc(-c4ccccc4)cc23)c1. The van der Waals surface area contributed by atoms with Crippen molar-refractivity contribution in [3.63, 3.8) is 0 Å². The number of nitrogens with zero attached hydrogens (tertiary/aromatic N) is 2. The summed E-state index contributed by atoms with van der Waals surface area (Å²) in [7, 11) is 0. The Labute approximate surface area is 159 Å². The molecule has 0 radical (unpaired) electrons. The summed E-state index contributed by atoms with van der Waals surface area (Å²) in [5.74, 6) is 0.728. The molecular formula is C19H14ClN3S2. The monoisotopic (exact) mass is 383 g/mol. The number of aromatic nitrogens is 2. The Morgan fingerprint density at radius 3 is 2.64 bits per heavy atom. The predicted octanol–water partition coefficient (Wildman–Crippen LogP) is 6.48. The molecule has 1 N–H and O–H groups in total. The zero-order valence-electron chi connectivity index (χ0n) is 13.4. The number of fused-ring (bicyclic) bond motifs is 1. The molecule has 2 heterocycles. The van der Waals surface area contributed by atoms with E-state index in [2.05, 4.69) is 51.9 Å². The van der Waals surface area contributed by atoms with Gasteiger partial charge in [-0.15, -0.1) is 23.1 Å². The van der Waals surface area contributed by atoms with Gasteiger partial charge in [-0.1, -0.05) is 36.4 Å². The third-order valence-electron chi connectivity index (χ3n) is 3.76. The maximum Gasteiger partial charge on any atom is 0.225 e. The molecule has 0 aliphatic rings. The Balaban J connectivity index is 1.79. The van der Waals surface area contributed by atoms with Crippen LogP contribution in [0.5, 0.6) is 0 Å². The fraction of sp³-hybridized carbons (Fsp3) is 0.0526. The second-order valence-corrected chi connectivity index (χ2v) is 7.64. The molecule has 0 atom stereocenters. The number of halogens is 1. The zero-order valence-corrected chi connectivity index (χ0v) is 15.8. The van der Waals surface area contributed by atoms with Gasteiger partial charge < -0.3 is 5.32 Å². The minimum absolute atomic E-state index is 0.248. The van der Waals surface area contributed by atoms with Crippen LogP contribution < -0.4 is 5.32 Å². The molecule has 0 fully saturated rings. The fourth-order valence-corrected chi connectivity index (χ4v) is 4.29. The molecule has 0 bridgehead atoms. The van der Waals surface area contributed by atoms with E-state index in [-0.39, 0.29) is 5.28 Å². The van der Waals surface area contributed by atoms with Crippen LogP contribution in [0.15, 0.2) is 65.6 Å². The van der Waals surface area contributed by atoms with Gasteiger partial charge >= 0.3 is 0 Å². The van der Waals surface area contributed by atoms with Crippen molar-refractivity contribution in [3.8, 4) is 10.4 Å². The van der Waals surface area contributed by atoms with Gasteiger partial charge in [-0.05, 0) is 47.7 Å². The molecule has 3 nitrogen and oxygen atoms in total. The first-order chi connectivity index (χ1) is 12.2. The standard InChI is InChI=1S/C19H14ClN3S2/c1-24-14-9-5-8-13(10-14)21-17-15-11-16(12-6-3-2-4-7-12)25-18(15)23-19(20)22-17/h2-11H,1H3,(H,21,22,23). The first-order valence-corrected chi connectivity index (χ1v) is 10.1. The highest BCUT2D eigenvalue weighted by molar-refractivity contribution is 7.98. The molecule has 4 rings (SSSR count). The van der Waals surface area contributed by atoms with E-state index >= 15 is 0 Å².